The van der Waals surface area contributed by atoms with Gasteiger partial charge in [0.1, 0.15) is 5.78 Å². The number of rotatable bonds is 4. The van der Waals surface area contributed by atoms with Crippen LogP contribution >= 0.6 is 0 Å². The molecule has 0 aromatic carbocycles. The summed E-state index contributed by atoms with van der Waals surface area (Å²) in [4.78, 5) is 25.0. The van der Waals surface area contributed by atoms with Crippen molar-refractivity contribution in [2.75, 3.05) is 19.6 Å². The maximum absolute atomic E-state index is 11.6. The van der Waals surface area contributed by atoms with Gasteiger partial charge >= 0.3 is 0 Å². The van der Waals surface area contributed by atoms with E-state index >= 15 is 0 Å². The number of ketones is 1. The van der Waals surface area contributed by atoms with Crippen LogP contribution in [-0.2, 0) is 9.59 Å². The molecule has 90 valence electrons. The van der Waals surface area contributed by atoms with Crippen molar-refractivity contribution in [2.45, 2.75) is 38.6 Å². The highest BCUT2D eigenvalue weighted by molar-refractivity contribution is 5.80. The van der Waals surface area contributed by atoms with Crippen LogP contribution in [0.5, 0.6) is 0 Å². The van der Waals surface area contributed by atoms with Crippen molar-refractivity contribution >= 4 is 11.7 Å². The van der Waals surface area contributed by atoms with E-state index in [0.717, 1.165) is 38.8 Å². The van der Waals surface area contributed by atoms with Crippen molar-refractivity contribution in [3.05, 3.63) is 0 Å². The zero-order chi connectivity index (χ0) is 11.5. The smallest absolute Gasteiger partial charge is 0.234 e. The Morgan fingerprint density at radius 3 is 2.69 bits per heavy atom. The maximum Gasteiger partial charge on any atom is 0.234 e. The second kappa shape index (κ2) is 4.95. The molecule has 1 saturated heterocycles. The summed E-state index contributed by atoms with van der Waals surface area (Å²) in [6.45, 7) is 3.81. The van der Waals surface area contributed by atoms with Gasteiger partial charge in [-0.1, -0.05) is 0 Å². The van der Waals surface area contributed by atoms with E-state index in [2.05, 4.69) is 10.2 Å². The van der Waals surface area contributed by atoms with Crippen molar-refractivity contribution in [2.24, 2.45) is 5.92 Å². The Bertz CT molecular complexity index is 287. The number of nitrogens with zero attached hydrogens (tertiary/aromatic N) is 1. The summed E-state index contributed by atoms with van der Waals surface area (Å²) in [5, 5.41) is 2.98. The number of hydrogen-bond acceptors (Lipinski definition) is 3. The topological polar surface area (TPSA) is 49.4 Å². The minimum absolute atomic E-state index is 0.117. The summed E-state index contributed by atoms with van der Waals surface area (Å²) >= 11 is 0. The first-order valence-electron chi connectivity index (χ1n) is 6.17. The number of likely N-dealkylation sites (tertiary alicyclic amines) is 1. The Hall–Kier alpha value is -0.900. The third kappa shape index (κ3) is 3.30. The first-order valence-corrected chi connectivity index (χ1v) is 6.17. The van der Waals surface area contributed by atoms with Crippen LogP contribution < -0.4 is 5.32 Å². The summed E-state index contributed by atoms with van der Waals surface area (Å²) in [6, 6.07) is 0.431. The molecule has 1 amide bonds. The van der Waals surface area contributed by atoms with E-state index < -0.39 is 0 Å². The van der Waals surface area contributed by atoms with Gasteiger partial charge in [-0.2, -0.15) is 0 Å². The Labute approximate surface area is 96.4 Å². The van der Waals surface area contributed by atoms with Gasteiger partial charge in [0.25, 0.3) is 0 Å². The number of nitrogens with one attached hydrogen (secondary N) is 1. The van der Waals surface area contributed by atoms with E-state index in [1.54, 1.807) is 6.92 Å². The van der Waals surface area contributed by atoms with E-state index in [0.29, 0.717) is 12.6 Å². The largest absolute Gasteiger partial charge is 0.352 e. The van der Waals surface area contributed by atoms with Gasteiger partial charge < -0.3 is 5.32 Å². The van der Waals surface area contributed by atoms with Crippen LogP contribution in [0.25, 0.3) is 0 Å². The highest BCUT2D eigenvalue weighted by Gasteiger charge is 2.27. The molecular weight excluding hydrogens is 204 g/mol. The molecule has 1 unspecified atom stereocenters. The lowest BCUT2D eigenvalue weighted by Crippen LogP contribution is -2.44. The Morgan fingerprint density at radius 2 is 2.06 bits per heavy atom. The Balaban J connectivity index is 1.75. The number of Topliss-reactive ketones (excluding diaryl/α,β-unsaturated/α-hetero) is 1. The molecule has 2 rings (SSSR count). The maximum atomic E-state index is 11.6. The molecule has 4 nitrogen and oxygen atoms in total. The highest BCUT2D eigenvalue weighted by atomic mass is 16.2. The summed E-state index contributed by atoms with van der Waals surface area (Å²) in [5.74, 6) is 0.515. The normalized spacial score (nSPS) is 26.4. The van der Waals surface area contributed by atoms with Gasteiger partial charge in [-0.3, -0.25) is 14.5 Å². The van der Waals surface area contributed by atoms with Crippen LogP contribution in [0.1, 0.15) is 32.6 Å². The molecule has 0 radical (unpaired) electrons. The third-order valence-corrected chi connectivity index (χ3v) is 3.39. The second-order valence-electron chi connectivity index (χ2n) is 5.03. The van der Waals surface area contributed by atoms with Crippen molar-refractivity contribution in [1.82, 2.24) is 10.2 Å². The van der Waals surface area contributed by atoms with E-state index in [-0.39, 0.29) is 17.6 Å². The third-order valence-electron chi connectivity index (χ3n) is 3.39. The summed E-state index contributed by atoms with van der Waals surface area (Å²) in [7, 11) is 0. The fourth-order valence-electron chi connectivity index (χ4n) is 2.24. The van der Waals surface area contributed by atoms with Gasteiger partial charge in [0.05, 0.1) is 6.54 Å². The molecule has 0 aromatic heterocycles. The molecule has 1 saturated carbocycles. The molecular formula is C12H20N2O2. The highest BCUT2D eigenvalue weighted by Crippen LogP contribution is 2.19. The molecule has 0 bridgehead atoms. The summed E-state index contributed by atoms with van der Waals surface area (Å²) in [6.07, 6.45) is 4.26. The second-order valence-corrected chi connectivity index (χ2v) is 5.03. The standard InChI is InChI=1S/C12H20N2O2/c1-9(15)10-3-2-6-14(7-10)8-12(16)13-11-4-5-11/h10-11H,2-8H2,1H3,(H,13,16). The van der Waals surface area contributed by atoms with Crippen LogP contribution in [-0.4, -0.2) is 42.3 Å². The lowest BCUT2D eigenvalue weighted by molar-refractivity contribution is -0.126. The van der Waals surface area contributed by atoms with Gasteiger partial charge in [-0.25, -0.2) is 0 Å². The van der Waals surface area contributed by atoms with E-state index in [1.807, 2.05) is 0 Å². The zero-order valence-corrected chi connectivity index (χ0v) is 9.87. The van der Waals surface area contributed by atoms with Gasteiger partial charge in [-0.05, 0) is 39.2 Å². The van der Waals surface area contributed by atoms with Crippen molar-refractivity contribution in [1.29, 1.82) is 0 Å². The number of hydrogen-bond donors (Lipinski definition) is 1. The van der Waals surface area contributed by atoms with Gasteiger partial charge in [0.2, 0.25) is 5.91 Å². The first-order chi connectivity index (χ1) is 7.65. The molecule has 0 spiro atoms. The molecule has 2 aliphatic rings. The molecule has 1 heterocycles. The molecule has 1 atom stereocenters. The minimum Gasteiger partial charge on any atom is -0.352 e. The van der Waals surface area contributed by atoms with Crippen LogP contribution in [0.2, 0.25) is 0 Å². The van der Waals surface area contributed by atoms with Crippen LogP contribution in [0, 0.1) is 5.92 Å². The minimum atomic E-state index is 0.117. The predicted octanol–water partition coefficient (Wildman–Crippen LogP) is 0.566. The lowest BCUT2D eigenvalue weighted by Gasteiger charge is -2.30. The van der Waals surface area contributed by atoms with Crippen LogP contribution in [0.4, 0.5) is 0 Å². The van der Waals surface area contributed by atoms with Gasteiger partial charge in [0.15, 0.2) is 0 Å². The van der Waals surface area contributed by atoms with Gasteiger partial charge in [-0.15, -0.1) is 0 Å². The monoisotopic (exact) mass is 224 g/mol. The fraction of sp³-hybridized carbons (Fsp3) is 0.833. The van der Waals surface area contributed by atoms with Crippen LogP contribution in [0.15, 0.2) is 0 Å². The zero-order valence-electron chi connectivity index (χ0n) is 9.87. The molecule has 1 aliphatic heterocycles. The summed E-state index contributed by atoms with van der Waals surface area (Å²) < 4.78 is 0. The van der Waals surface area contributed by atoms with Crippen molar-refractivity contribution in [3.8, 4) is 0 Å². The molecule has 1 N–H and O–H groups in total. The van der Waals surface area contributed by atoms with Crippen molar-refractivity contribution < 1.29 is 9.59 Å². The summed E-state index contributed by atoms with van der Waals surface area (Å²) in [5.41, 5.74) is 0. The predicted molar refractivity (Wildman–Crippen MR) is 61.0 cm³/mol. The van der Waals surface area contributed by atoms with E-state index in [9.17, 15) is 9.59 Å². The van der Waals surface area contributed by atoms with E-state index in [1.165, 1.54) is 0 Å². The van der Waals surface area contributed by atoms with E-state index in [4.69, 9.17) is 0 Å². The number of carbonyl (C=O) groups excluding carboxylic acids is 2. The fourth-order valence-corrected chi connectivity index (χ4v) is 2.24. The lowest BCUT2D eigenvalue weighted by atomic mass is 9.95. The quantitative estimate of drug-likeness (QED) is 0.759. The van der Waals surface area contributed by atoms with Gasteiger partial charge in [0, 0.05) is 18.5 Å². The number of amides is 1. The average Bonchev–Trinajstić information content (AvgIpc) is 3.01. The average molecular weight is 224 g/mol. The SMILES string of the molecule is CC(=O)C1CCCN(CC(=O)NC2CC2)C1. The Morgan fingerprint density at radius 1 is 1.31 bits per heavy atom. The molecule has 2 fully saturated rings. The molecule has 16 heavy (non-hydrogen) atoms. The Kier molecular flexibility index (Phi) is 3.59. The molecule has 0 aromatic rings. The number of carbonyl (C=O) groups is 2. The van der Waals surface area contributed by atoms with Crippen molar-refractivity contribution in [3.63, 3.8) is 0 Å². The first kappa shape index (κ1) is 11.6. The number of piperidine rings is 1. The van der Waals surface area contributed by atoms with Crippen LogP contribution in [0.3, 0.4) is 0 Å². The molecule has 4 heteroatoms. The molecule has 1 aliphatic carbocycles.